The van der Waals surface area contributed by atoms with Crippen molar-refractivity contribution in [2.24, 2.45) is 0 Å². The zero-order chi connectivity index (χ0) is 12.0. The molecule has 1 aromatic heterocycles. The van der Waals surface area contributed by atoms with Crippen LogP contribution < -0.4 is 5.56 Å². The van der Waals surface area contributed by atoms with Crippen LogP contribution in [-0.4, -0.2) is 28.9 Å². The number of nitrogens with one attached hydrogen (secondary N) is 1. The van der Waals surface area contributed by atoms with Crippen LogP contribution in [0.2, 0.25) is 0 Å². The Hall–Kier alpha value is -1.58. The molecule has 0 spiro atoms. The Balaban J connectivity index is 2.85. The first kappa shape index (κ1) is 12.5. The van der Waals surface area contributed by atoms with Crippen molar-refractivity contribution in [3.8, 4) is 0 Å². The Morgan fingerprint density at radius 3 is 2.38 bits per heavy atom. The highest BCUT2D eigenvalue weighted by Gasteiger charge is 2.14. The van der Waals surface area contributed by atoms with Crippen LogP contribution in [0.4, 0.5) is 0 Å². The van der Waals surface area contributed by atoms with E-state index in [9.17, 15) is 9.59 Å². The van der Waals surface area contributed by atoms with Gasteiger partial charge in [0.15, 0.2) is 0 Å². The molecular weight excluding hydrogens is 204 g/mol. The van der Waals surface area contributed by atoms with Gasteiger partial charge in [0, 0.05) is 19.2 Å². The Bertz CT molecular complexity index is 392. The van der Waals surface area contributed by atoms with Gasteiger partial charge < -0.3 is 9.88 Å². The van der Waals surface area contributed by atoms with Gasteiger partial charge in [0.2, 0.25) is 5.56 Å². The highest BCUT2D eigenvalue weighted by atomic mass is 16.2. The molecule has 1 aromatic rings. The molecule has 0 aliphatic rings. The summed E-state index contributed by atoms with van der Waals surface area (Å²) in [7, 11) is 0. The molecule has 0 aliphatic heterocycles. The summed E-state index contributed by atoms with van der Waals surface area (Å²) in [5.74, 6) is -0.0959. The molecule has 88 valence electrons. The zero-order valence-electron chi connectivity index (χ0n) is 9.82. The number of H-pyrrole nitrogens is 1. The van der Waals surface area contributed by atoms with E-state index in [2.05, 4.69) is 4.98 Å². The van der Waals surface area contributed by atoms with Crippen molar-refractivity contribution in [3.63, 3.8) is 0 Å². The smallest absolute Gasteiger partial charge is 0.270 e. The molecule has 0 aliphatic carbocycles. The molecule has 4 nitrogen and oxygen atoms in total. The summed E-state index contributed by atoms with van der Waals surface area (Å²) in [5.41, 5.74) is 0.133. The molecule has 4 heteroatoms. The van der Waals surface area contributed by atoms with Gasteiger partial charge in [-0.25, -0.2) is 0 Å². The number of pyridine rings is 1. The van der Waals surface area contributed by atoms with Crippen molar-refractivity contribution in [2.75, 3.05) is 13.1 Å². The second kappa shape index (κ2) is 6.10. The average molecular weight is 222 g/mol. The predicted molar refractivity (Wildman–Crippen MR) is 63.5 cm³/mol. The number of rotatable bonds is 5. The lowest BCUT2D eigenvalue weighted by atomic mass is 10.3. The third-order valence-corrected chi connectivity index (χ3v) is 2.27. The van der Waals surface area contributed by atoms with Gasteiger partial charge in [0.25, 0.3) is 5.91 Å². The molecule has 16 heavy (non-hydrogen) atoms. The van der Waals surface area contributed by atoms with Crippen LogP contribution in [0.1, 0.15) is 37.2 Å². The number of hydrogen-bond donors (Lipinski definition) is 1. The van der Waals surface area contributed by atoms with Crippen molar-refractivity contribution < 1.29 is 4.79 Å². The van der Waals surface area contributed by atoms with Gasteiger partial charge in [-0.1, -0.05) is 19.9 Å². The quantitative estimate of drug-likeness (QED) is 0.823. The van der Waals surface area contributed by atoms with E-state index in [1.54, 1.807) is 17.0 Å². The molecule has 0 aromatic carbocycles. The first-order chi connectivity index (χ1) is 7.69. The largest absolute Gasteiger partial charge is 0.337 e. The minimum Gasteiger partial charge on any atom is -0.337 e. The zero-order valence-corrected chi connectivity index (χ0v) is 9.82. The monoisotopic (exact) mass is 222 g/mol. The van der Waals surface area contributed by atoms with Gasteiger partial charge in [0.05, 0.1) is 0 Å². The molecule has 0 unspecified atom stereocenters. The maximum Gasteiger partial charge on any atom is 0.270 e. The number of amides is 1. The Morgan fingerprint density at radius 1 is 1.25 bits per heavy atom. The number of nitrogens with zero attached hydrogens (tertiary/aromatic N) is 1. The lowest BCUT2D eigenvalue weighted by molar-refractivity contribution is 0.0749. The van der Waals surface area contributed by atoms with E-state index < -0.39 is 0 Å². The number of carbonyl (C=O) groups excluding carboxylic acids is 1. The summed E-state index contributed by atoms with van der Waals surface area (Å²) >= 11 is 0. The maximum absolute atomic E-state index is 12.0. The van der Waals surface area contributed by atoms with Crippen LogP contribution in [0, 0.1) is 0 Å². The fourth-order valence-corrected chi connectivity index (χ4v) is 1.60. The lowest BCUT2D eigenvalue weighted by Gasteiger charge is -2.21. The maximum atomic E-state index is 12.0. The Kier molecular flexibility index (Phi) is 4.76. The van der Waals surface area contributed by atoms with Crippen molar-refractivity contribution in [1.82, 2.24) is 9.88 Å². The fourth-order valence-electron chi connectivity index (χ4n) is 1.60. The van der Waals surface area contributed by atoms with Gasteiger partial charge in [0.1, 0.15) is 5.69 Å². The van der Waals surface area contributed by atoms with Crippen LogP contribution in [0.15, 0.2) is 23.0 Å². The van der Waals surface area contributed by atoms with E-state index in [1.807, 2.05) is 13.8 Å². The topological polar surface area (TPSA) is 53.2 Å². The van der Waals surface area contributed by atoms with Crippen molar-refractivity contribution in [2.45, 2.75) is 26.7 Å². The fraction of sp³-hybridized carbons (Fsp3) is 0.500. The summed E-state index contributed by atoms with van der Waals surface area (Å²) in [6, 6.07) is 4.64. The molecule has 1 rings (SSSR count). The summed E-state index contributed by atoms with van der Waals surface area (Å²) in [4.78, 5) is 27.5. The third kappa shape index (κ3) is 3.22. The Morgan fingerprint density at radius 2 is 1.88 bits per heavy atom. The van der Waals surface area contributed by atoms with Crippen molar-refractivity contribution in [3.05, 3.63) is 34.2 Å². The lowest BCUT2D eigenvalue weighted by Crippen LogP contribution is -2.33. The second-order valence-corrected chi connectivity index (χ2v) is 3.72. The van der Waals surface area contributed by atoms with E-state index >= 15 is 0 Å². The number of aromatic nitrogens is 1. The minimum atomic E-state index is -0.237. The molecule has 0 saturated heterocycles. The van der Waals surface area contributed by atoms with Crippen molar-refractivity contribution in [1.29, 1.82) is 0 Å². The SMILES string of the molecule is CCCN(CCC)C(=O)c1cccc(=O)[nH]1. The van der Waals surface area contributed by atoms with E-state index in [1.165, 1.54) is 6.07 Å². The van der Waals surface area contributed by atoms with E-state index in [0.29, 0.717) is 5.69 Å². The molecule has 1 N–H and O–H groups in total. The van der Waals surface area contributed by atoms with Crippen LogP contribution in [0.3, 0.4) is 0 Å². The van der Waals surface area contributed by atoms with Gasteiger partial charge >= 0.3 is 0 Å². The standard InChI is InChI=1S/C12H18N2O2/c1-3-8-14(9-4-2)12(16)10-6-5-7-11(15)13-10/h5-7H,3-4,8-9H2,1-2H3,(H,13,15). The van der Waals surface area contributed by atoms with Gasteiger partial charge in [-0.3, -0.25) is 9.59 Å². The number of carbonyl (C=O) groups is 1. The normalized spacial score (nSPS) is 10.1. The third-order valence-electron chi connectivity index (χ3n) is 2.27. The van der Waals surface area contributed by atoms with Gasteiger partial charge in [-0.15, -0.1) is 0 Å². The van der Waals surface area contributed by atoms with Gasteiger partial charge in [-0.2, -0.15) is 0 Å². The molecular formula is C12H18N2O2. The molecule has 0 fully saturated rings. The molecule has 1 heterocycles. The molecule has 0 saturated carbocycles. The first-order valence-corrected chi connectivity index (χ1v) is 5.67. The minimum absolute atomic E-state index is 0.0959. The number of hydrogen-bond acceptors (Lipinski definition) is 2. The van der Waals surface area contributed by atoms with Crippen LogP contribution in [0.5, 0.6) is 0 Å². The summed E-state index contributed by atoms with van der Waals surface area (Å²) in [6.45, 7) is 5.51. The highest BCUT2D eigenvalue weighted by molar-refractivity contribution is 5.92. The number of aromatic amines is 1. The first-order valence-electron chi connectivity index (χ1n) is 5.67. The van der Waals surface area contributed by atoms with Crippen LogP contribution in [-0.2, 0) is 0 Å². The molecule has 1 amide bonds. The van der Waals surface area contributed by atoms with Crippen LogP contribution >= 0.6 is 0 Å². The summed E-state index contributed by atoms with van der Waals surface area (Å²) in [6.07, 6.45) is 1.84. The highest BCUT2D eigenvalue weighted by Crippen LogP contribution is 2.02. The summed E-state index contributed by atoms with van der Waals surface area (Å²) in [5, 5.41) is 0. The molecule has 0 radical (unpaired) electrons. The second-order valence-electron chi connectivity index (χ2n) is 3.72. The van der Waals surface area contributed by atoms with E-state index in [4.69, 9.17) is 0 Å². The van der Waals surface area contributed by atoms with E-state index in [0.717, 1.165) is 25.9 Å². The van der Waals surface area contributed by atoms with Crippen LogP contribution in [0.25, 0.3) is 0 Å². The predicted octanol–water partition coefficient (Wildman–Crippen LogP) is 1.64. The average Bonchev–Trinajstić information content (AvgIpc) is 2.28. The Labute approximate surface area is 95.3 Å². The van der Waals surface area contributed by atoms with Crippen molar-refractivity contribution >= 4 is 5.91 Å². The molecule has 0 atom stereocenters. The summed E-state index contributed by atoms with van der Waals surface area (Å²) < 4.78 is 0. The molecule has 0 bridgehead atoms. The van der Waals surface area contributed by atoms with Gasteiger partial charge in [-0.05, 0) is 18.9 Å². The van der Waals surface area contributed by atoms with E-state index in [-0.39, 0.29) is 11.5 Å².